The van der Waals surface area contributed by atoms with Crippen molar-refractivity contribution < 1.29 is 19.4 Å². The lowest BCUT2D eigenvalue weighted by Crippen LogP contribution is -2.26. The van der Waals surface area contributed by atoms with Crippen LogP contribution in [0.1, 0.15) is 32.3 Å². The van der Waals surface area contributed by atoms with Crippen LogP contribution in [0.15, 0.2) is 24.3 Å². The quantitative estimate of drug-likeness (QED) is 0.827. The third-order valence-electron chi connectivity index (χ3n) is 2.65. The Labute approximate surface area is 112 Å². The highest BCUT2D eigenvalue weighted by Crippen LogP contribution is 2.18. The minimum Gasteiger partial charge on any atom is -0.479 e. The van der Waals surface area contributed by atoms with Crippen LogP contribution >= 0.6 is 0 Å². The van der Waals surface area contributed by atoms with E-state index in [1.54, 1.807) is 6.07 Å². The fourth-order valence-electron chi connectivity index (χ4n) is 1.44. The van der Waals surface area contributed by atoms with Crippen molar-refractivity contribution in [2.75, 3.05) is 11.9 Å². The van der Waals surface area contributed by atoms with E-state index in [1.807, 2.05) is 18.2 Å². The molecule has 0 aromatic heterocycles. The number of rotatable bonds is 6. The Morgan fingerprint density at radius 2 is 2.00 bits per heavy atom. The molecule has 5 heteroatoms. The van der Waals surface area contributed by atoms with E-state index < -0.39 is 12.1 Å². The van der Waals surface area contributed by atoms with Crippen LogP contribution in [-0.2, 0) is 14.3 Å². The zero-order chi connectivity index (χ0) is 14.4. The zero-order valence-corrected chi connectivity index (χ0v) is 11.3. The first-order valence-corrected chi connectivity index (χ1v) is 6.14. The first kappa shape index (κ1) is 15.2. The minimum atomic E-state index is -1.09. The Bertz CT molecular complexity index is 457. The lowest BCUT2D eigenvalue weighted by Gasteiger charge is -2.11. The topological polar surface area (TPSA) is 75.6 Å². The molecule has 104 valence electrons. The first-order chi connectivity index (χ1) is 8.90. The van der Waals surface area contributed by atoms with Crippen LogP contribution in [0.5, 0.6) is 0 Å². The Morgan fingerprint density at radius 1 is 1.32 bits per heavy atom. The number of ether oxygens (including phenoxy) is 1. The number of carbonyl (C=O) groups is 2. The SMILES string of the molecule is CC(OCC(=O)Nc1cccc(C(C)C)c1)C(=O)O. The van der Waals surface area contributed by atoms with Gasteiger partial charge in [0, 0.05) is 5.69 Å². The van der Waals surface area contributed by atoms with E-state index in [9.17, 15) is 9.59 Å². The maximum absolute atomic E-state index is 11.6. The highest BCUT2D eigenvalue weighted by Gasteiger charge is 2.13. The van der Waals surface area contributed by atoms with Crippen molar-refractivity contribution in [2.45, 2.75) is 32.8 Å². The second-order valence-electron chi connectivity index (χ2n) is 4.62. The summed E-state index contributed by atoms with van der Waals surface area (Å²) in [6.07, 6.45) is -0.993. The molecule has 0 aliphatic heterocycles. The van der Waals surface area contributed by atoms with Gasteiger partial charge in [-0.2, -0.15) is 0 Å². The number of hydrogen-bond acceptors (Lipinski definition) is 3. The maximum atomic E-state index is 11.6. The molecule has 1 atom stereocenters. The van der Waals surface area contributed by atoms with Gasteiger partial charge < -0.3 is 15.2 Å². The fraction of sp³-hybridized carbons (Fsp3) is 0.429. The average molecular weight is 265 g/mol. The molecule has 0 heterocycles. The molecule has 0 saturated carbocycles. The molecular weight excluding hydrogens is 246 g/mol. The number of anilines is 1. The molecule has 1 amide bonds. The summed E-state index contributed by atoms with van der Waals surface area (Å²) in [7, 11) is 0. The van der Waals surface area contributed by atoms with E-state index in [2.05, 4.69) is 19.2 Å². The predicted octanol–water partition coefficient (Wildman–Crippen LogP) is 2.24. The summed E-state index contributed by atoms with van der Waals surface area (Å²) in [6.45, 7) is 5.24. The highest BCUT2D eigenvalue weighted by molar-refractivity contribution is 5.92. The van der Waals surface area contributed by atoms with E-state index in [-0.39, 0.29) is 12.5 Å². The molecule has 0 fully saturated rings. The lowest BCUT2D eigenvalue weighted by molar-refractivity contribution is -0.150. The Kier molecular flexibility index (Phi) is 5.51. The van der Waals surface area contributed by atoms with Gasteiger partial charge in [-0.1, -0.05) is 26.0 Å². The van der Waals surface area contributed by atoms with Gasteiger partial charge in [0.15, 0.2) is 6.10 Å². The minimum absolute atomic E-state index is 0.278. The summed E-state index contributed by atoms with van der Waals surface area (Å²) in [4.78, 5) is 22.1. The molecule has 0 saturated heterocycles. The van der Waals surface area contributed by atoms with Crippen molar-refractivity contribution in [1.29, 1.82) is 0 Å². The second kappa shape index (κ2) is 6.89. The van der Waals surface area contributed by atoms with Crippen molar-refractivity contribution in [1.82, 2.24) is 0 Å². The number of carbonyl (C=O) groups excluding carboxylic acids is 1. The van der Waals surface area contributed by atoms with Crippen LogP contribution < -0.4 is 5.32 Å². The first-order valence-electron chi connectivity index (χ1n) is 6.14. The normalized spacial score (nSPS) is 12.2. The van der Waals surface area contributed by atoms with Gasteiger partial charge in [-0.05, 0) is 30.5 Å². The lowest BCUT2D eigenvalue weighted by atomic mass is 10.0. The molecule has 1 aromatic carbocycles. The molecule has 2 N–H and O–H groups in total. The van der Waals surface area contributed by atoms with E-state index in [0.29, 0.717) is 11.6 Å². The van der Waals surface area contributed by atoms with Gasteiger partial charge in [0.25, 0.3) is 0 Å². The van der Waals surface area contributed by atoms with Crippen molar-refractivity contribution in [3.8, 4) is 0 Å². The molecule has 1 aromatic rings. The van der Waals surface area contributed by atoms with Crippen LogP contribution in [0, 0.1) is 0 Å². The van der Waals surface area contributed by atoms with Crippen molar-refractivity contribution >= 4 is 17.6 Å². The molecular formula is C14H19NO4. The summed E-state index contributed by atoms with van der Waals surface area (Å²) in [6, 6.07) is 7.53. The average Bonchev–Trinajstić information content (AvgIpc) is 2.36. The van der Waals surface area contributed by atoms with Gasteiger partial charge in [0.2, 0.25) is 5.91 Å². The van der Waals surface area contributed by atoms with Crippen LogP contribution in [0.25, 0.3) is 0 Å². The standard InChI is InChI=1S/C14H19NO4/c1-9(2)11-5-4-6-12(7-11)15-13(16)8-19-10(3)14(17)18/h4-7,9-10H,8H2,1-3H3,(H,15,16)(H,17,18). The number of amides is 1. The van der Waals surface area contributed by atoms with Gasteiger partial charge in [-0.3, -0.25) is 4.79 Å². The van der Waals surface area contributed by atoms with Gasteiger partial charge >= 0.3 is 5.97 Å². The van der Waals surface area contributed by atoms with Crippen LogP contribution in [0.4, 0.5) is 5.69 Å². The number of benzene rings is 1. The van der Waals surface area contributed by atoms with Crippen LogP contribution in [0.3, 0.4) is 0 Å². The third kappa shape index (κ3) is 5.09. The van der Waals surface area contributed by atoms with Crippen LogP contribution in [-0.4, -0.2) is 29.7 Å². The molecule has 1 rings (SSSR count). The number of aliphatic carboxylic acids is 1. The summed E-state index contributed by atoms with van der Waals surface area (Å²) in [5, 5.41) is 11.3. The summed E-state index contributed by atoms with van der Waals surface area (Å²) in [5.41, 5.74) is 1.81. The van der Waals surface area contributed by atoms with Gasteiger partial charge in [0.05, 0.1) is 0 Å². The van der Waals surface area contributed by atoms with Crippen LogP contribution in [0.2, 0.25) is 0 Å². The summed E-state index contributed by atoms with van der Waals surface area (Å²) >= 11 is 0. The Balaban J connectivity index is 2.53. The second-order valence-corrected chi connectivity index (χ2v) is 4.62. The van der Waals surface area contributed by atoms with Crippen molar-refractivity contribution in [3.63, 3.8) is 0 Å². The highest BCUT2D eigenvalue weighted by atomic mass is 16.5. The fourth-order valence-corrected chi connectivity index (χ4v) is 1.44. The molecule has 1 unspecified atom stereocenters. The molecule has 0 radical (unpaired) electrons. The van der Waals surface area contributed by atoms with Crippen molar-refractivity contribution in [2.24, 2.45) is 0 Å². The predicted molar refractivity (Wildman–Crippen MR) is 72.2 cm³/mol. The maximum Gasteiger partial charge on any atom is 0.332 e. The molecule has 5 nitrogen and oxygen atoms in total. The zero-order valence-electron chi connectivity index (χ0n) is 11.3. The molecule has 19 heavy (non-hydrogen) atoms. The largest absolute Gasteiger partial charge is 0.479 e. The molecule has 0 spiro atoms. The van der Waals surface area contributed by atoms with E-state index in [4.69, 9.17) is 9.84 Å². The Hall–Kier alpha value is -1.88. The Morgan fingerprint density at radius 3 is 2.58 bits per heavy atom. The molecule has 0 aliphatic carbocycles. The van der Waals surface area contributed by atoms with E-state index >= 15 is 0 Å². The monoisotopic (exact) mass is 265 g/mol. The smallest absolute Gasteiger partial charge is 0.332 e. The van der Waals surface area contributed by atoms with E-state index in [0.717, 1.165) is 5.56 Å². The number of carboxylic acid groups (broad SMARTS) is 1. The summed E-state index contributed by atoms with van der Waals surface area (Å²) < 4.78 is 4.90. The van der Waals surface area contributed by atoms with Crippen molar-refractivity contribution in [3.05, 3.63) is 29.8 Å². The molecule has 0 bridgehead atoms. The number of nitrogens with one attached hydrogen (secondary N) is 1. The van der Waals surface area contributed by atoms with E-state index in [1.165, 1.54) is 6.92 Å². The molecule has 0 aliphatic rings. The third-order valence-corrected chi connectivity index (χ3v) is 2.65. The number of hydrogen-bond donors (Lipinski definition) is 2. The van der Waals surface area contributed by atoms with Gasteiger partial charge in [-0.15, -0.1) is 0 Å². The van der Waals surface area contributed by atoms with Gasteiger partial charge in [-0.25, -0.2) is 4.79 Å². The summed E-state index contributed by atoms with van der Waals surface area (Å²) in [5.74, 6) is -1.08. The number of carboxylic acids is 1. The van der Waals surface area contributed by atoms with Gasteiger partial charge in [0.1, 0.15) is 6.61 Å².